The molecular weight excluding hydrogens is 268 g/mol. The largest absolute Gasteiger partial charge is 0.496 e. The molecule has 2 aromatic rings. The van der Waals surface area contributed by atoms with Crippen LogP contribution in [-0.2, 0) is 6.54 Å². The number of methoxy groups -OCH3 is 1. The van der Waals surface area contributed by atoms with Gasteiger partial charge in [0.2, 0.25) is 0 Å². The number of rotatable bonds is 5. The molecule has 2 aromatic carbocycles. The van der Waals surface area contributed by atoms with Gasteiger partial charge in [0, 0.05) is 18.2 Å². The molecule has 0 fully saturated rings. The van der Waals surface area contributed by atoms with Gasteiger partial charge in [0.05, 0.1) is 12.0 Å². The first-order chi connectivity index (χ1) is 10.0. The molecule has 21 heavy (non-hydrogen) atoms. The van der Waals surface area contributed by atoms with E-state index in [1.165, 1.54) is 0 Å². The van der Waals surface area contributed by atoms with E-state index >= 15 is 0 Å². The van der Waals surface area contributed by atoms with Gasteiger partial charge in [-0.05, 0) is 37.1 Å². The number of ether oxygens (including phenoxy) is 1. The van der Waals surface area contributed by atoms with Gasteiger partial charge in [-0.25, -0.2) is 0 Å². The van der Waals surface area contributed by atoms with Gasteiger partial charge in [0.1, 0.15) is 11.4 Å². The highest BCUT2D eigenvalue weighted by Crippen LogP contribution is 2.29. The van der Waals surface area contributed by atoms with Crippen molar-refractivity contribution < 1.29 is 9.66 Å². The average molecular weight is 286 g/mol. The van der Waals surface area contributed by atoms with Crippen LogP contribution in [0.2, 0.25) is 0 Å². The minimum absolute atomic E-state index is 0.0907. The maximum atomic E-state index is 11.2. The first-order valence-electron chi connectivity index (χ1n) is 6.64. The zero-order chi connectivity index (χ0) is 15.4. The third-order valence-corrected chi connectivity index (χ3v) is 3.47. The first kappa shape index (κ1) is 14.8. The Balaban J connectivity index is 2.27. The van der Waals surface area contributed by atoms with Gasteiger partial charge in [-0.1, -0.05) is 18.2 Å². The molecule has 0 spiro atoms. The Kier molecular flexibility index (Phi) is 4.42. The summed E-state index contributed by atoms with van der Waals surface area (Å²) in [6.07, 6.45) is 0. The minimum atomic E-state index is -0.364. The fourth-order valence-corrected chi connectivity index (χ4v) is 2.13. The van der Waals surface area contributed by atoms with Crippen molar-refractivity contribution in [1.29, 1.82) is 0 Å². The number of nitrogens with one attached hydrogen (secondary N) is 1. The van der Waals surface area contributed by atoms with E-state index in [-0.39, 0.29) is 10.6 Å². The monoisotopic (exact) mass is 286 g/mol. The van der Waals surface area contributed by atoms with Crippen LogP contribution in [0.3, 0.4) is 0 Å². The molecule has 0 aliphatic carbocycles. The molecule has 0 radical (unpaired) electrons. The Morgan fingerprint density at radius 3 is 2.52 bits per heavy atom. The maximum Gasteiger partial charge on any atom is 0.292 e. The Morgan fingerprint density at radius 1 is 1.19 bits per heavy atom. The van der Waals surface area contributed by atoms with Gasteiger partial charge in [-0.3, -0.25) is 10.1 Å². The number of nitro benzene ring substituents is 1. The summed E-state index contributed by atoms with van der Waals surface area (Å²) in [7, 11) is 1.61. The molecule has 2 rings (SSSR count). The number of hydrogen-bond acceptors (Lipinski definition) is 4. The van der Waals surface area contributed by atoms with Crippen molar-refractivity contribution in [2.45, 2.75) is 20.4 Å². The van der Waals surface area contributed by atoms with Crippen LogP contribution in [0.1, 0.15) is 16.7 Å². The van der Waals surface area contributed by atoms with E-state index in [2.05, 4.69) is 5.32 Å². The predicted octanol–water partition coefficient (Wildman–Crippen LogP) is 3.83. The van der Waals surface area contributed by atoms with Gasteiger partial charge in [-0.15, -0.1) is 0 Å². The third kappa shape index (κ3) is 3.31. The lowest BCUT2D eigenvalue weighted by Gasteiger charge is -2.12. The van der Waals surface area contributed by atoms with E-state index in [0.29, 0.717) is 12.2 Å². The minimum Gasteiger partial charge on any atom is -0.496 e. The van der Waals surface area contributed by atoms with Crippen molar-refractivity contribution in [2.24, 2.45) is 0 Å². The quantitative estimate of drug-likeness (QED) is 0.670. The van der Waals surface area contributed by atoms with Crippen LogP contribution in [0.4, 0.5) is 11.4 Å². The highest BCUT2D eigenvalue weighted by Gasteiger charge is 2.15. The zero-order valence-electron chi connectivity index (χ0n) is 12.3. The Hall–Kier alpha value is -2.56. The summed E-state index contributed by atoms with van der Waals surface area (Å²) < 4.78 is 5.28. The van der Waals surface area contributed by atoms with Gasteiger partial charge >= 0.3 is 0 Å². The summed E-state index contributed by atoms with van der Waals surface area (Å²) in [4.78, 5) is 10.8. The molecule has 0 atom stereocenters. The molecule has 0 heterocycles. The van der Waals surface area contributed by atoms with Gasteiger partial charge in [0.25, 0.3) is 5.69 Å². The van der Waals surface area contributed by atoms with Crippen LogP contribution in [0, 0.1) is 24.0 Å². The van der Waals surface area contributed by atoms with Crippen LogP contribution in [0.25, 0.3) is 0 Å². The molecule has 1 N–H and O–H groups in total. The zero-order valence-corrected chi connectivity index (χ0v) is 12.3. The summed E-state index contributed by atoms with van der Waals surface area (Å²) in [6.45, 7) is 4.27. The lowest BCUT2D eigenvalue weighted by atomic mass is 10.1. The maximum absolute atomic E-state index is 11.2. The Morgan fingerprint density at radius 2 is 1.86 bits per heavy atom. The number of para-hydroxylation sites is 1. The van der Waals surface area contributed by atoms with Crippen LogP contribution in [-0.4, -0.2) is 12.0 Å². The molecular formula is C16H18N2O3. The fraction of sp³-hybridized carbons (Fsp3) is 0.250. The van der Waals surface area contributed by atoms with Crippen molar-refractivity contribution in [1.82, 2.24) is 0 Å². The highest BCUT2D eigenvalue weighted by molar-refractivity contribution is 5.64. The number of nitro groups is 1. The summed E-state index contributed by atoms with van der Waals surface area (Å²) >= 11 is 0. The number of benzene rings is 2. The number of hydrogen-bond donors (Lipinski definition) is 1. The summed E-state index contributed by atoms with van der Waals surface area (Å²) in [6, 6.07) is 11.0. The SMILES string of the molecule is COc1ccccc1CNc1cc(C)c(C)cc1[N+](=O)[O-]. The molecule has 0 aliphatic rings. The van der Waals surface area contributed by atoms with Crippen molar-refractivity contribution in [3.05, 3.63) is 63.2 Å². The smallest absolute Gasteiger partial charge is 0.292 e. The number of aryl methyl sites for hydroxylation is 2. The van der Waals surface area contributed by atoms with E-state index < -0.39 is 0 Å². The summed E-state index contributed by atoms with van der Waals surface area (Å²) in [5.41, 5.74) is 3.49. The average Bonchev–Trinajstić information content (AvgIpc) is 2.48. The van der Waals surface area contributed by atoms with Crippen molar-refractivity contribution in [3.63, 3.8) is 0 Å². The standard InChI is InChI=1S/C16H18N2O3/c1-11-8-14(15(18(19)20)9-12(11)2)17-10-13-6-4-5-7-16(13)21-3/h4-9,17H,10H2,1-3H3. The fourth-order valence-electron chi connectivity index (χ4n) is 2.13. The second-order valence-corrected chi connectivity index (χ2v) is 4.88. The topological polar surface area (TPSA) is 64.4 Å². The van der Waals surface area contributed by atoms with Crippen molar-refractivity contribution in [2.75, 3.05) is 12.4 Å². The lowest BCUT2D eigenvalue weighted by Crippen LogP contribution is -2.05. The normalized spacial score (nSPS) is 10.2. The molecule has 0 amide bonds. The summed E-state index contributed by atoms with van der Waals surface area (Å²) in [5, 5.41) is 14.3. The molecule has 5 nitrogen and oxygen atoms in total. The third-order valence-electron chi connectivity index (χ3n) is 3.47. The molecule has 5 heteroatoms. The van der Waals surface area contributed by atoms with E-state index in [1.54, 1.807) is 13.2 Å². The van der Waals surface area contributed by atoms with E-state index in [1.807, 2.05) is 44.2 Å². The van der Waals surface area contributed by atoms with Crippen LogP contribution in [0.5, 0.6) is 5.75 Å². The van der Waals surface area contributed by atoms with E-state index in [4.69, 9.17) is 4.74 Å². The van der Waals surface area contributed by atoms with Crippen LogP contribution < -0.4 is 10.1 Å². The number of nitrogens with zero attached hydrogens (tertiary/aromatic N) is 1. The molecule has 0 bridgehead atoms. The second kappa shape index (κ2) is 6.26. The molecule has 0 saturated heterocycles. The van der Waals surface area contributed by atoms with Gasteiger partial charge in [-0.2, -0.15) is 0 Å². The number of anilines is 1. The second-order valence-electron chi connectivity index (χ2n) is 4.88. The van der Waals surface area contributed by atoms with Crippen molar-refractivity contribution >= 4 is 11.4 Å². The molecule has 110 valence electrons. The van der Waals surface area contributed by atoms with E-state index in [9.17, 15) is 10.1 Å². The van der Waals surface area contributed by atoms with Crippen LogP contribution >= 0.6 is 0 Å². The Bertz CT molecular complexity index is 669. The highest BCUT2D eigenvalue weighted by atomic mass is 16.6. The lowest BCUT2D eigenvalue weighted by molar-refractivity contribution is -0.384. The van der Waals surface area contributed by atoms with Gasteiger partial charge < -0.3 is 10.1 Å². The van der Waals surface area contributed by atoms with Gasteiger partial charge in [0.15, 0.2) is 0 Å². The van der Waals surface area contributed by atoms with Crippen LogP contribution in [0.15, 0.2) is 36.4 Å². The molecule has 0 aliphatic heterocycles. The molecule has 0 saturated carbocycles. The predicted molar refractivity (Wildman–Crippen MR) is 82.9 cm³/mol. The summed E-state index contributed by atoms with van der Waals surface area (Å²) in [5.74, 6) is 0.761. The molecule has 0 aromatic heterocycles. The van der Waals surface area contributed by atoms with E-state index in [0.717, 1.165) is 22.4 Å². The van der Waals surface area contributed by atoms with Crippen molar-refractivity contribution in [3.8, 4) is 5.75 Å². The molecule has 0 unspecified atom stereocenters. The Labute approximate surface area is 123 Å². The first-order valence-corrected chi connectivity index (χ1v) is 6.64.